The lowest BCUT2D eigenvalue weighted by molar-refractivity contribution is -0.118. The standard InChI is InChI=1S/C13H16N2O4S/c1-11(17)14-8-9-15-20(18,19)13-6-4-12(5-7-13)3-2-10-16/h4-7,15-16H,8-10H2,1H3,(H,14,17). The molecule has 6 nitrogen and oxygen atoms in total. The SMILES string of the molecule is CC(=O)NCCNS(=O)(=O)c1ccc(C#CCO)cc1. The van der Waals surface area contributed by atoms with Crippen molar-refractivity contribution in [1.29, 1.82) is 0 Å². The van der Waals surface area contributed by atoms with Crippen molar-refractivity contribution < 1.29 is 18.3 Å². The molecule has 0 atom stereocenters. The summed E-state index contributed by atoms with van der Waals surface area (Å²) in [7, 11) is -3.59. The predicted molar refractivity (Wildman–Crippen MR) is 74.3 cm³/mol. The molecule has 0 radical (unpaired) electrons. The van der Waals surface area contributed by atoms with Crippen molar-refractivity contribution in [3.63, 3.8) is 0 Å². The van der Waals surface area contributed by atoms with Crippen molar-refractivity contribution in [3.05, 3.63) is 29.8 Å². The van der Waals surface area contributed by atoms with Crippen LogP contribution < -0.4 is 10.0 Å². The van der Waals surface area contributed by atoms with Crippen molar-refractivity contribution in [1.82, 2.24) is 10.0 Å². The van der Waals surface area contributed by atoms with E-state index in [1.807, 2.05) is 0 Å². The molecule has 108 valence electrons. The second-order valence-electron chi connectivity index (χ2n) is 3.87. The molecule has 20 heavy (non-hydrogen) atoms. The number of nitrogens with one attached hydrogen (secondary N) is 2. The highest BCUT2D eigenvalue weighted by molar-refractivity contribution is 7.89. The number of sulfonamides is 1. The molecule has 0 saturated heterocycles. The molecule has 3 N–H and O–H groups in total. The maximum atomic E-state index is 11.9. The Morgan fingerprint density at radius 3 is 2.45 bits per heavy atom. The van der Waals surface area contributed by atoms with Gasteiger partial charge in [-0.15, -0.1) is 0 Å². The monoisotopic (exact) mass is 296 g/mol. The van der Waals surface area contributed by atoms with Gasteiger partial charge < -0.3 is 10.4 Å². The second-order valence-corrected chi connectivity index (χ2v) is 5.63. The van der Waals surface area contributed by atoms with Crippen LogP contribution in [0.2, 0.25) is 0 Å². The molecule has 1 aromatic rings. The fourth-order valence-electron chi connectivity index (χ4n) is 1.37. The Morgan fingerprint density at radius 2 is 1.90 bits per heavy atom. The second kappa shape index (κ2) is 7.65. The van der Waals surface area contributed by atoms with E-state index in [9.17, 15) is 13.2 Å². The van der Waals surface area contributed by atoms with Gasteiger partial charge in [0.25, 0.3) is 0 Å². The van der Waals surface area contributed by atoms with Crippen LogP contribution in [0.4, 0.5) is 0 Å². The minimum absolute atomic E-state index is 0.119. The summed E-state index contributed by atoms with van der Waals surface area (Å²) in [5.74, 6) is 4.94. The summed E-state index contributed by atoms with van der Waals surface area (Å²) < 4.78 is 26.2. The Bertz CT molecular complexity index is 612. The minimum atomic E-state index is -3.59. The van der Waals surface area contributed by atoms with Crippen molar-refractivity contribution in [2.45, 2.75) is 11.8 Å². The van der Waals surface area contributed by atoms with E-state index in [-0.39, 0.29) is 30.5 Å². The van der Waals surface area contributed by atoms with Crippen molar-refractivity contribution in [2.75, 3.05) is 19.7 Å². The van der Waals surface area contributed by atoms with Crippen LogP contribution in [0.25, 0.3) is 0 Å². The summed E-state index contributed by atoms with van der Waals surface area (Å²) in [5, 5.41) is 11.1. The lowest BCUT2D eigenvalue weighted by Crippen LogP contribution is -2.33. The van der Waals surface area contributed by atoms with E-state index in [1.165, 1.54) is 19.1 Å². The average Bonchev–Trinajstić information content (AvgIpc) is 2.42. The number of carbonyl (C=O) groups is 1. The zero-order valence-electron chi connectivity index (χ0n) is 11.0. The maximum absolute atomic E-state index is 11.9. The van der Waals surface area contributed by atoms with E-state index in [0.29, 0.717) is 5.56 Å². The number of hydrogen-bond acceptors (Lipinski definition) is 4. The molecule has 0 heterocycles. The summed E-state index contributed by atoms with van der Waals surface area (Å²) >= 11 is 0. The fourth-order valence-corrected chi connectivity index (χ4v) is 2.40. The molecule has 0 fully saturated rings. The Morgan fingerprint density at radius 1 is 1.25 bits per heavy atom. The maximum Gasteiger partial charge on any atom is 0.240 e. The predicted octanol–water partition coefficient (Wildman–Crippen LogP) is -0.555. The van der Waals surface area contributed by atoms with Crippen LogP contribution in [-0.2, 0) is 14.8 Å². The Kier molecular flexibility index (Phi) is 6.18. The van der Waals surface area contributed by atoms with Gasteiger partial charge in [-0.2, -0.15) is 0 Å². The molecule has 0 bridgehead atoms. The van der Waals surface area contributed by atoms with E-state index in [2.05, 4.69) is 21.9 Å². The van der Waals surface area contributed by atoms with E-state index in [1.54, 1.807) is 12.1 Å². The van der Waals surface area contributed by atoms with Crippen LogP contribution >= 0.6 is 0 Å². The molecule has 7 heteroatoms. The number of aliphatic hydroxyl groups excluding tert-OH is 1. The van der Waals surface area contributed by atoms with E-state index < -0.39 is 10.0 Å². The van der Waals surface area contributed by atoms with Crippen LogP contribution in [0, 0.1) is 11.8 Å². The van der Waals surface area contributed by atoms with Crippen LogP contribution in [-0.4, -0.2) is 39.1 Å². The van der Waals surface area contributed by atoms with Gasteiger partial charge in [0.05, 0.1) is 4.90 Å². The zero-order chi connectivity index (χ0) is 15.0. The fraction of sp³-hybridized carbons (Fsp3) is 0.308. The summed E-state index contributed by atoms with van der Waals surface area (Å²) in [6, 6.07) is 5.99. The Balaban J connectivity index is 2.65. The van der Waals surface area contributed by atoms with Crippen LogP contribution in [0.3, 0.4) is 0 Å². The van der Waals surface area contributed by atoms with Gasteiger partial charge in [0.2, 0.25) is 15.9 Å². The molecule has 1 aromatic carbocycles. The normalized spacial score (nSPS) is 10.5. The number of amides is 1. The molecule has 0 aliphatic rings. The summed E-state index contributed by atoms with van der Waals surface area (Å²) in [6.45, 7) is 1.47. The van der Waals surface area contributed by atoms with Crippen LogP contribution in [0.15, 0.2) is 29.2 Å². The molecule has 0 aromatic heterocycles. The number of rotatable bonds is 5. The Labute approximate surface area is 118 Å². The first-order valence-electron chi connectivity index (χ1n) is 5.89. The van der Waals surface area contributed by atoms with Crippen molar-refractivity contribution >= 4 is 15.9 Å². The molecular formula is C13H16N2O4S. The first-order chi connectivity index (χ1) is 9.45. The third-order valence-electron chi connectivity index (χ3n) is 2.27. The van der Waals surface area contributed by atoms with E-state index in [4.69, 9.17) is 5.11 Å². The number of aliphatic hydroxyl groups is 1. The third kappa shape index (κ3) is 5.40. The molecule has 0 aliphatic carbocycles. The van der Waals surface area contributed by atoms with E-state index in [0.717, 1.165) is 0 Å². The van der Waals surface area contributed by atoms with Gasteiger partial charge >= 0.3 is 0 Å². The van der Waals surface area contributed by atoms with Gasteiger partial charge in [-0.05, 0) is 24.3 Å². The first-order valence-corrected chi connectivity index (χ1v) is 7.38. The highest BCUT2D eigenvalue weighted by Crippen LogP contribution is 2.09. The third-order valence-corrected chi connectivity index (χ3v) is 3.74. The largest absolute Gasteiger partial charge is 0.384 e. The summed E-state index contributed by atoms with van der Waals surface area (Å²) in [6.07, 6.45) is 0. The molecular weight excluding hydrogens is 280 g/mol. The average molecular weight is 296 g/mol. The first kappa shape index (κ1) is 16.2. The molecule has 0 unspecified atom stereocenters. The van der Waals surface area contributed by atoms with Crippen LogP contribution in [0.5, 0.6) is 0 Å². The van der Waals surface area contributed by atoms with Crippen molar-refractivity contribution in [3.8, 4) is 11.8 Å². The molecule has 1 amide bonds. The quantitative estimate of drug-likeness (QED) is 0.501. The van der Waals surface area contributed by atoms with E-state index >= 15 is 0 Å². The smallest absolute Gasteiger partial charge is 0.240 e. The molecule has 0 spiro atoms. The lowest BCUT2D eigenvalue weighted by atomic mass is 10.2. The van der Waals surface area contributed by atoms with Gasteiger partial charge in [-0.3, -0.25) is 4.79 Å². The highest BCUT2D eigenvalue weighted by atomic mass is 32.2. The number of hydrogen-bond donors (Lipinski definition) is 3. The molecule has 1 rings (SSSR count). The van der Waals surface area contributed by atoms with Gasteiger partial charge in [-0.25, -0.2) is 13.1 Å². The minimum Gasteiger partial charge on any atom is -0.384 e. The van der Waals surface area contributed by atoms with Gasteiger partial charge in [-0.1, -0.05) is 11.8 Å². The summed E-state index contributed by atoms with van der Waals surface area (Å²) in [4.78, 5) is 10.8. The van der Waals surface area contributed by atoms with Gasteiger partial charge in [0.15, 0.2) is 0 Å². The van der Waals surface area contributed by atoms with Gasteiger partial charge in [0, 0.05) is 25.6 Å². The lowest BCUT2D eigenvalue weighted by Gasteiger charge is -2.07. The van der Waals surface area contributed by atoms with Gasteiger partial charge in [0.1, 0.15) is 6.61 Å². The summed E-state index contributed by atoms with van der Waals surface area (Å²) in [5.41, 5.74) is 0.622. The molecule has 0 aliphatic heterocycles. The topological polar surface area (TPSA) is 95.5 Å². The zero-order valence-corrected chi connectivity index (χ0v) is 11.8. The van der Waals surface area contributed by atoms with Crippen LogP contribution in [0.1, 0.15) is 12.5 Å². The highest BCUT2D eigenvalue weighted by Gasteiger charge is 2.12. The van der Waals surface area contributed by atoms with Crippen molar-refractivity contribution in [2.24, 2.45) is 0 Å². The molecule has 0 saturated carbocycles. The number of benzene rings is 1. The number of carbonyl (C=O) groups excluding carboxylic acids is 1. The Hall–Kier alpha value is -1.88.